The molecule has 13 heteroatoms. The van der Waals surface area contributed by atoms with E-state index < -0.39 is 0 Å². The van der Waals surface area contributed by atoms with Gasteiger partial charge in [-0.15, -0.1) is 0 Å². The normalized spacial score (nSPS) is 13.7. The smallest absolute Gasteiger partial charge is 0.252 e. The van der Waals surface area contributed by atoms with Gasteiger partial charge in [0, 0.05) is 25.5 Å². The molecule has 0 bridgehead atoms. The first-order valence-corrected chi connectivity index (χ1v) is 20.7. The summed E-state index contributed by atoms with van der Waals surface area (Å²) in [5.74, 6) is 3.63. The first-order chi connectivity index (χ1) is 30.1. The number of aryl methyl sites for hydroxylation is 2. The number of benzene rings is 7. The predicted octanol–water partition coefficient (Wildman–Crippen LogP) is 6.90. The van der Waals surface area contributed by atoms with E-state index >= 15 is 0 Å². The van der Waals surface area contributed by atoms with Crippen molar-refractivity contribution in [1.82, 2.24) is 55.8 Å². The Morgan fingerprint density at radius 2 is 0.738 bits per heavy atom. The summed E-state index contributed by atoms with van der Waals surface area (Å²) in [5.41, 5.74) is 23.4. The van der Waals surface area contributed by atoms with Gasteiger partial charge >= 0.3 is 0 Å². The third-order valence-corrected chi connectivity index (χ3v) is 14.2. The molecule has 7 aromatic carbocycles. The van der Waals surface area contributed by atoms with E-state index in [1.165, 1.54) is 27.4 Å². The summed E-state index contributed by atoms with van der Waals surface area (Å²) in [6, 6.07) is 46.2. The Bertz CT molecular complexity index is 4340. The standard InChI is InChI=1S/C48H27BN12/c1-54-30-12-3-5-14-32(30)56-38-22-40-28(20-26(38)50-45(54)56)52-47-58(40)36-18-7-10-24-43(36)60(47)34-16-9-17-35-42(34)49(24)25-11-8-19-37-44(25)61(35)48-53-29-21-27-39(23-41(29)59(37)48)57-33-15-6-4-13-31(33)55(2)46(57)51-27/h3-23H,1-2H3. The van der Waals surface area contributed by atoms with Crippen molar-refractivity contribution in [3.05, 3.63) is 127 Å². The van der Waals surface area contributed by atoms with Crippen LogP contribution in [-0.4, -0.2) is 62.5 Å². The minimum atomic E-state index is 0.0176. The third kappa shape index (κ3) is 3.08. The molecule has 17 rings (SSSR count). The number of imidazole rings is 8. The van der Waals surface area contributed by atoms with Gasteiger partial charge in [-0.2, -0.15) is 0 Å². The van der Waals surface area contributed by atoms with Gasteiger partial charge in [0.25, 0.3) is 6.71 Å². The molecule has 12 nitrogen and oxygen atoms in total. The van der Waals surface area contributed by atoms with Crippen LogP contribution >= 0.6 is 0 Å². The van der Waals surface area contributed by atoms with Gasteiger partial charge in [0.1, 0.15) is 0 Å². The van der Waals surface area contributed by atoms with E-state index in [0.717, 1.165) is 112 Å². The highest BCUT2D eigenvalue weighted by atomic mass is 15.3. The molecule has 0 unspecified atom stereocenters. The molecule has 0 fully saturated rings. The maximum atomic E-state index is 5.44. The monoisotopic (exact) mass is 782 g/mol. The average Bonchev–Trinajstić information content (AvgIpc) is 4.17. The highest BCUT2D eigenvalue weighted by Crippen LogP contribution is 2.38. The van der Waals surface area contributed by atoms with Crippen molar-refractivity contribution in [1.29, 1.82) is 0 Å². The van der Waals surface area contributed by atoms with Crippen LogP contribution in [0.2, 0.25) is 0 Å². The zero-order valence-corrected chi connectivity index (χ0v) is 32.6. The number of para-hydroxylation sites is 6. The summed E-state index contributed by atoms with van der Waals surface area (Å²) < 4.78 is 18.4. The highest BCUT2D eigenvalue weighted by molar-refractivity contribution is 7.00. The summed E-state index contributed by atoms with van der Waals surface area (Å²) in [4.78, 5) is 21.1. The molecular weight excluding hydrogens is 755 g/mol. The maximum absolute atomic E-state index is 5.44. The SMILES string of the molecule is Cn1c2ccccc2n2c3cc4c(cc3nc12)nc1n2c3c(cccc3n41)B1c3c-2cccc3-n2c3c1cccc3n1c3cc4c(cc3nc21)nc1n(C)c2ccccc2n41. The Labute approximate surface area is 342 Å². The number of nitrogens with zero attached hydrogens (tertiary/aromatic N) is 12. The van der Waals surface area contributed by atoms with Crippen LogP contribution in [0, 0.1) is 0 Å². The molecule has 0 atom stereocenters. The molecule has 10 heterocycles. The van der Waals surface area contributed by atoms with Crippen molar-refractivity contribution >= 4 is 134 Å². The fourth-order valence-corrected chi connectivity index (χ4v) is 11.8. The molecule has 15 aromatic rings. The van der Waals surface area contributed by atoms with Crippen LogP contribution < -0.4 is 16.4 Å². The summed E-state index contributed by atoms with van der Waals surface area (Å²) in [7, 11) is 4.18. The predicted molar refractivity (Wildman–Crippen MR) is 243 cm³/mol. The van der Waals surface area contributed by atoms with Gasteiger partial charge in [-0.05, 0) is 89.2 Å². The van der Waals surface area contributed by atoms with Gasteiger partial charge in [-0.3, -0.25) is 26.7 Å². The van der Waals surface area contributed by atoms with Crippen LogP contribution in [0.25, 0.3) is 123 Å². The second-order valence-electron chi connectivity index (χ2n) is 17.0. The topological polar surface area (TPSA) is 88.9 Å². The van der Waals surface area contributed by atoms with Crippen LogP contribution in [0.4, 0.5) is 0 Å². The number of hydrogen-bond donors (Lipinski definition) is 0. The average molecular weight is 783 g/mol. The van der Waals surface area contributed by atoms with E-state index in [0.29, 0.717) is 0 Å². The Kier molecular flexibility index (Phi) is 4.61. The molecule has 0 aliphatic carbocycles. The van der Waals surface area contributed by atoms with Crippen LogP contribution in [0.5, 0.6) is 0 Å². The van der Waals surface area contributed by atoms with Crippen molar-refractivity contribution in [2.75, 3.05) is 0 Å². The Balaban J connectivity index is 0.968. The van der Waals surface area contributed by atoms with E-state index in [1.807, 2.05) is 0 Å². The number of aromatic nitrogens is 12. The molecule has 282 valence electrons. The molecule has 0 N–H and O–H groups in total. The van der Waals surface area contributed by atoms with Crippen LogP contribution in [0.3, 0.4) is 0 Å². The van der Waals surface area contributed by atoms with Crippen LogP contribution in [0.15, 0.2) is 127 Å². The van der Waals surface area contributed by atoms with E-state index in [2.05, 4.69) is 177 Å². The summed E-state index contributed by atoms with van der Waals surface area (Å²) >= 11 is 0. The van der Waals surface area contributed by atoms with Gasteiger partial charge in [0.2, 0.25) is 23.1 Å². The van der Waals surface area contributed by atoms with Gasteiger partial charge in [-0.25, -0.2) is 19.9 Å². The minimum Gasteiger partial charge on any atom is -0.313 e. The first kappa shape index (κ1) is 29.8. The molecule has 0 saturated heterocycles. The molecule has 0 amide bonds. The van der Waals surface area contributed by atoms with E-state index in [1.54, 1.807) is 0 Å². The van der Waals surface area contributed by atoms with Crippen molar-refractivity contribution in [3.8, 4) is 11.4 Å². The zero-order chi connectivity index (χ0) is 39.3. The molecule has 0 radical (unpaired) electrons. The first-order valence-electron chi connectivity index (χ1n) is 20.7. The quantitative estimate of drug-likeness (QED) is 0.157. The largest absolute Gasteiger partial charge is 0.313 e. The fraction of sp³-hybridized carbons (Fsp3) is 0.0417. The lowest BCUT2D eigenvalue weighted by atomic mass is 9.34. The van der Waals surface area contributed by atoms with Gasteiger partial charge in [0.05, 0.1) is 88.3 Å². The number of hydrogen-bond acceptors (Lipinski definition) is 4. The summed E-state index contributed by atoms with van der Waals surface area (Å²) in [5, 5.41) is 0. The summed E-state index contributed by atoms with van der Waals surface area (Å²) in [6.07, 6.45) is 0. The maximum Gasteiger partial charge on any atom is 0.252 e. The fourth-order valence-electron chi connectivity index (χ4n) is 11.8. The van der Waals surface area contributed by atoms with Gasteiger partial charge in [-0.1, -0.05) is 54.6 Å². The van der Waals surface area contributed by atoms with Crippen molar-refractivity contribution in [2.45, 2.75) is 0 Å². The van der Waals surface area contributed by atoms with Crippen molar-refractivity contribution in [2.24, 2.45) is 14.1 Å². The number of fused-ring (bicyclic) bond motifs is 24. The minimum absolute atomic E-state index is 0.0176. The van der Waals surface area contributed by atoms with E-state index in [4.69, 9.17) is 19.9 Å². The molecule has 2 aliphatic rings. The molecule has 61 heavy (non-hydrogen) atoms. The van der Waals surface area contributed by atoms with E-state index in [-0.39, 0.29) is 6.71 Å². The zero-order valence-electron chi connectivity index (χ0n) is 32.6. The highest BCUT2D eigenvalue weighted by Gasteiger charge is 2.41. The Morgan fingerprint density at radius 1 is 0.361 bits per heavy atom. The molecule has 0 saturated carbocycles. The lowest BCUT2D eigenvalue weighted by Crippen LogP contribution is -2.59. The molecular formula is C48H27BN12. The van der Waals surface area contributed by atoms with Gasteiger partial charge < -0.3 is 9.13 Å². The second kappa shape index (κ2) is 9.43. The molecule has 8 aromatic heterocycles. The van der Waals surface area contributed by atoms with Crippen molar-refractivity contribution in [3.63, 3.8) is 0 Å². The number of rotatable bonds is 0. The van der Waals surface area contributed by atoms with Crippen molar-refractivity contribution < 1.29 is 0 Å². The summed E-state index contributed by atoms with van der Waals surface area (Å²) in [6.45, 7) is 0.0176. The molecule has 2 aliphatic heterocycles. The van der Waals surface area contributed by atoms with E-state index in [9.17, 15) is 0 Å². The lowest BCUT2D eigenvalue weighted by Gasteiger charge is -2.32. The van der Waals surface area contributed by atoms with Gasteiger partial charge in [0.15, 0.2) is 0 Å². The third-order valence-electron chi connectivity index (χ3n) is 14.2. The second-order valence-corrected chi connectivity index (χ2v) is 17.0. The molecule has 0 spiro atoms. The van der Waals surface area contributed by atoms with Crippen LogP contribution in [-0.2, 0) is 14.1 Å². The lowest BCUT2D eigenvalue weighted by molar-refractivity contribution is 0.973. The van der Waals surface area contributed by atoms with Crippen LogP contribution in [0.1, 0.15) is 0 Å². The Morgan fingerprint density at radius 3 is 1.20 bits per heavy atom. The Hall–Kier alpha value is -8.32.